The first kappa shape index (κ1) is 92.9. The Morgan fingerprint density at radius 1 is 0.679 bits per heavy atom. The van der Waals surface area contributed by atoms with Gasteiger partial charge in [0, 0.05) is 19.0 Å². The fraction of sp³-hybridized carbons (Fsp3) is 0.614. The average Bonchev–Trinajstić information content (AvgIpc) is 1.75. The van der Waals surface area contributed by atoms with E-state index >= 15 is 14.4 Å². The Bertz CT molecular complexity index is 3490. The minimum Gasteiger partial charge on any atom is -0.475 e. The Labute approximate surface area is 628 Å². The maximum absolute atomic E-state index is 15.7. The Morgan fingerprint density at radius 3 is 1.71 bits per heavy atom. The molecule has 0 bridgehead atoms. The van der Waals surface area contributed by atoms with E-state index in [1.54, 1.807) is 80.5 Å². The van der Waals surface area contributed by atoms with Gasteiger partial charge < -0.3 is 105 Å². The molecule has 21 N–H and O–H groups in total. The number of cyclic esters (lactones) is 1. The van der Waals surface area contributed by atoms with Crippen LogP contribution in [0.5, 0.6) is 0 Å². The lowest BCUT2D eigenvalue weighted by Gasteiger charge is -2.34. The highest BCUT2D eigenvalue weighted by atomic mass is 19.4. The monoisotopic (exact) mass is 1550 g/mol. The SMILES string of the molecule is CC[C@H](C)C1NC(=O)[C@@H](CCCN=C(N)N)NC(=O)[C@H](CC(C)C)NC(=O)[C@H]([C@H](O)C(C)C)NC(=O)[C@@H](NC(=O)[C@H](CC(C)C)NC(=O)[C@@H]2C[C@@H](c3ccccc3)CN2C(=O)OC(C)(C)C)[C@@H](c2ccccc2)OC(=O)[C@H](CO)NC(=O)[C@H]([C@H](O)C(N)=O)NC(=O)CNC(=O)C([C@H](C)O)NC1=O.O=C(O)C(F)(F)F. The lowest BCUT2D eigenvalue weighted by Crippen LogP contribution is -2.64. The molecule has 2 aliphatic heterocycles. The zero-order chi connectivity index (χ0) is 82.7. The van der Waals surface area contributed by atoms with Gasteiger partial charge in [-0.3, -0.25) is 62.6 Å². The van der Waals surface area contributed by atoms with Crippen LogP contribution < -0.4 is 70.4 Å². The summed E-state index contributed by atoms with van der Waals surface area (Å²) in [6.45, 7) is 16.6. The second kappa shape index (κ2) is 43.1. The van der Waals surface area contributed by atoms with Crippen molar-refractivity contribution in [3.63, 3.8) is 0 Å². The number of carboxylic acid groups (broad SMARTS) is 1. The van der Waals surface area contributed by atoms with Gasteiger partial charge in [0.05, 0.1) is 25.4 Å². The third-order valence-corrected chi connectivity index (χ3v) is 17.1. The molecule has 608 valence electrons. The number of carboxylic acids is 1. The highest BCUT2D eigenvalue weighted by molar-refractivity contribution is 6.00. The first-order valence-electron chi connectivity index (χ1n) is 35.3. The first-order valence-corrected chi connectivity index (χ1v) is 35.3. The maximum atomic E-state index is 15.7. The van der Waals surface area contributed by atoms with Crippen LogP contribution in [0.2, 0.25) is 0 Å². The molecule has 2 saturated heterocycles. The third-order valence-electron chi connectivity index (χ3n) is 17.1. The number of primary amides is 1. The van der Waals surface area contributed by atoms with Crippen molar-refractivity contribution in [2.75, 3.05) is 26.2 Å². The van der Waals surface area contributed by atoms with Crippen molar-refractivity contribution in [3.8, 4) is 0 Å². The van der Waals surface area contributed by atoms with Crippen molar-refractivity contribution in [3.05, 3.63) is 71.8 Å². The zero-order valence-corrected chi connectivity index (χ0v) is 62.8. The highest BCUT2D eigenvalue weighted by Crippen LogP contribution is 2.34. The van der Waals surface area contributed by atoms with E-state index < -0.39 is 216 Å². The first-order chi connectivity index (χ1) is 50.7. The molecule has 12 amide bonds. The Balaban J connectivity index is 0.00000418. The molecule has 39 heteroatoms. The van der Waals surface area contributed by atoms with Gasteiger partial charge in [-0.25, -0.2) is 14.4 Å². The fourth-order valence-electron chi connectivity index (χ4n) is 11.2. The van der Waals surface area contributed by atoms with Gasteiger partial charge in [-0.15, -0.1) is 0 Å². The van der Waals surface area contributed by atoms with Crippen molar-refractivity contribution in [2.24, 2.45) is 45.9 Å². The number of aliphatic imine (C=N–C) groups is 1. The largest absolute Gasteiger partial charge is 0.490 e. The Hall–Kier alpha value is -10.3. The number of esters is 1. The molecule has 109 heavy (non-hydrogen) atoms. The summed E-state index contributed by atoms with van der Waals surface area (Å²) in [4.78, 5) is 201. The summed E-state index contributed by atoms with van der Waals surface area (Å²) in [6, 6.07) is -2.30. The number of carbonyl (C=O) groups excluding carboxylic acids is 13. The molecule has 0 aromatic heterocycles. The van der Waals surface area contributed by atoms with Gasteiger partial charge in [-0.1, -0.05) is 122 Å². The predicted octanol–water partition coefficient (Wildman–Crippen LogP) is -2.38. The quantitative estimate of drug-likeness (QED) is 0.0253. The summed E-state index contributed by atoms with van der Waals surface area (Å²) in [5, 5.41) is 76.0. The zero-order valence-electron chi connectivity index (χ0n) is 62.8. The van der Waals surface area contributed by atoms with Crippen LogP contribution in [0.1, 0.15) is 145 Å². The maximum Gasteiger partial charge on any atom is 0.490 e. The van der Waals surface area contributed by atoms with Gasteiger partial charge in [0.15, 0.2) is 24.2 Å². The van der Waals surface area contributed by atoms with E-state index in [9.17, 15) is 81.5 Å². The Kier molecular flexibility index (Phi) is 36.7. The summed E-state index contributed by atoms with van der Waals surface area (Å²) in [7, 11) is 0. The van der Waals surface area contributed by atoms with Crippen LogP contribution in [0, 0.1) is 23.7 Å². The molecule has 2 unspecified atom stereocenters. The normalized spacial score (nSPS) is 24.3. The lowest BCUT2D eigenvalue weighted by atomic mass is 9.95. The van der Waals surface area contributed by atoms with E-state index in [1.807, 2.05) is 22.8 Å². The second-order valence-corrected chi connectivity index (χ2v) is 28.6. The van der Waals surface area contributed by atoms with Crippen LogP contribution in [0.25, 0.3) is 0 Å². The minimum absolute atomic E-state index is 0.0295. The van der Waals surface area contributed by atoms with Crippen molar-refractivity contribution in [1.29, 1.82) is 0 Å². The van der Waals surface area contributed by atoms with Gasteiger partial charge in [0.1, 0.15) is 60.0 Å². The van der Waals surface area contributed by atoms with E-state index in [4.69, 9.17) is 36.6 Å². The van der Waals surface area contributed by atoms with Crippen molar-refractivity contribution in [2.45, 2.75) is 224 Å². The number of halogens is 3. The third kappa shape index (κ3) is 30.0. The summed E-state index contributed by atoms with van der Waals surface area (Å²) in [6.07, 6.45) is -14.4. The highest BCUT2D eigenvalue weighted by Gasteiger charge is 2.47. The van der Waals surface area contributed by atoms with Crippen LogP contribution in [-0.2, 0) is 71.8 Å². The summed E-state index contributed by atoms with van der Waals surface area (Å²) >= 11 is 0. The minimum atomic E-state index is -5.08. The molecule has 2 heterocycles. The number of likely N-dealkylation sites (tertiary alicyclic amines) is 1. The molecule has 2 aromatic rings. The number of guanidine groups is 1. The van der Waals surface area contributed by atoms with Crippen molar-refractivity contribution in [1.82, 2.24) is 58.1 Å². The van der Waals surface area contributed by atoms with Crippen LogP contribution in [0.3, 0.4) is 0 Å². The molecular formula is C70H106F3N15O21. The molecule has 2 fully saturated rings. The molecule has 0 saturated carbocycles. The average molecular weight is 1550 g/mol. The lowest BCUT2D eigenvalue weighted by molar-refractivity contribution is -0.192. The molecule has 0 radical (unpaired) electrons. The molecule has 2 aromatic carbocycles. The van der Waals surface area contributed by atoms with Gasteiger partial charge in [0.2, 0.25) is 65.0 Å². The number of hydrogen-bond donors (Lipinski definition) is 18. The van der Waals surface area contributed by atoms with Crippen LogP contribution >= 0.6 is 0 Å². The predicted molar refractivity (Wildman–Crippen MR) is 383 cm³/mol. The number of carbonyl (C=O) groups is 14. The molecule has 36 nitrogen and oxygen atoms in total. The number of aliphatic hydroxyl groups is 4. The van der Waals surface area contributed by atoms with Crippen molar-refractivity contribution < 1.29 is 115 Å². The van der Waals surface area contributed by atoms with E-state index in [0.717, 1.165) is 12.5 Å². The number of benzene rings is 2. The topological polar surface area (TPSA) is 573 Å². The number of ether oxygens (including phenoxy) is 2. The molecule has 0 aliphatic carbocycles. The van der Waals surface area contributed by atoms with Crippen molar-refractivity contribution >= 4 is 89.0 Å². The van der Waals surface area contributed by atoms with E-state index in [2.05, 4.69) is 47.5 Å². The molecule has 16 atom stereocenters. The number of aliphatic carboxylic acids is 1. The van der Waals surface area contributed by atoms with Crippen LogP contribution in [-0.4, -0.2) is 236 Å². The van der Waals surface area contributed by atoms with Gasteiger partial charge >= 0.3 is 24.2 Å². The number of alkyl halides is 3. The number of amides is 12. The smallest absolute Gasteiger partial charge is 0.475 e. The summed E-state index contributed by atoms with van der Waals surface area (Å²) in [5.74, 6) is -20.8. The fourth-order valence-corrected chi connectivity index (χ4v) is 11.2. The van der Waals surface area contributed by atoms with Crippen LogP contribution in [0.15, 0.2) is 65.7 Å². The summed E-state index contributed by atoms with van der Waals surface area (Å²) < 4.78 is 43.5. The number of nitrogens with zero attached hydrogens (tertiary/aromatic N) is 2. The number of aliphatic hydroxyl groups excluding tert-OH is 4. The van der Waals surface area contributed by atoms with Gasteiger partial charge in [-0.2, -0.15) is 13.2 Å². The number of rotatable bonds is 22. The number of nitrogens with two attached hydrogens (primary N) is 3. The molecule has 2 aliphatic rings. The number of nitrogens with one attached hydrogen (secondary N) is 10. The molecule has 4 rings (SSSR count). The standard InChI is InChI=1S/C68H105N15O19.C2HF3O2/c1-13-36(8)47-61(95)80-48(37(9)85)60(94)73-30-46(86)78-50(53(88)55(69)89)63(97)77-44(32-84)65(99)101-54(39-23-18-15-19-24-39)51(82-58(92)43(28-34(4)5)75-59(93)45-29-40(38-21-16-14-17-22-38)31-83(45)67(100)102-68(10,11)12)64(98)81-49(52(87)35(6)7)62(96)76-42(27-33(2)3)57(91)74-41(56(90)79-47)25-20-26-72-66(70)71;3-2(4,5)1(6)7/h14-19,21-24,33-37,40-45,47-54,84-85,87-88H,13,20,25-32H2,1-12H3,(H2,69,89)(H,73,94)(H,74,91)(H,75,93)(H,76,96)(H,77,97)(H,78,86)(H,79,90)(H,80,95)(H,81,98)(H,82,92)(H4,70,71,72);(H,6,7)/t36-,37-,40+,41+,42-,43-,44-,45-,47?,48?,49-,50-,51-,52+,53-,54+;/m0./s1. The Morgan fingerprint density at radius 2 is 1.20 bits per heavy atom. The van der Waals surface area contributed by atoms with Crippen LogP contribution in [0.4, 0.5) is 18.0 Å². The summed E-state index contributed by atoms with van der Waals surface area (Å²) in [5.41, 5.74) is 16.2. The van der Waals surface area contributed by atoms with E-state index in [0.29, 0.717) is 0 Å². The van der Waals surface area contributed by atoms with E-state index in [1.165, 1.54) is 49.1 Å². The van der Waals surface area contributed by atoms with E-state index in [-0.39, 0.29) is 69.1 Å². The molecule has 0 spiro atoms. The number of hydrogen-bond acceptors (Lipinski definition) is 21. The molecular weight excluding hydrogens is 1440 g/mol. The van der Waals surface area contributed by atoms with Gasteiger partial charge in [0.25, 0.3) is 0 Å². The van der Waals surface area contributed by atoms with Gasteiger partial charge in [-0.05, 0) is 94.6 Å². The second-order valence-electron chi connectivity index (χ2n) is 28.6.